The Labute approximate surface area is 153 Å². The van der Waals surface area contributed by atoms with Crippen molar-refractivity contribution in [2.24, 2.45) is 5.10 Å². The lowest BCUT2D eigenvalue weighted by Crippen LogP contribution is -2.32. The van der Waals surface area contributed by atoms with Gasteiger partial charge < -0.3 is 15.2 Å². The maximum Gasteiger partial charge on any atom is 0.329 e. The Morgan fingerprint density at radius 2 is 1.96 bits per heavy atom. The zero-order valence-electron chi connectivity index (χ0n) is 14.4. The molecular weight excluding hydrogens is 356 g/mol. The Hall–Kier alpha value is -3.95. The Balaban J connectivity index is 2.07. The number of phenols is 1. The molecule has 0 aliphatic carbocycles. The smallest absolute Gasteiger partial charge is 0.329 e. The molecule has 0 fully saturated rings. The third-order valence-corrected chi connectivity index (χ3v) is 3.47. The number of rotatable bonds is 5. The van der Waals surface area contributed by atoms with Gasteiger partial charge in [-0.05, 0) is 24.6 Å². The highest BCUT2D eigenvalue weighted by atomic mass is 16.6. The molecule has 0 spiro atoms. The number of phenolic OH excluding ortho intramolecular Hbond substituents is 1. The average molecular weight is 372 g/mol. The van der Waals surface area contributed by atoms with Crippen molar-refractivity contribution in [1.82, 2.24) is 5.43 Å². The first kappa shape index (κ1) is 19.4. The number of anilines is 1. The minimum atomic E-state index is -1.02. The summed E-state index contributed by atoms with van der Waals surface area (Å²) in [5, 5.41) is 26.7. The summed E-state index contributed by atoms with van der Waals surface area (Å²) in [6, 6.07) is 9.25. The van der Waals surface area contributed by atoms with Gasteiger partial charge in [-0.3, -0.25) is 19.7 Å². The van der Waals surface area contributed by atoms with Crippen LogP contribution in [0.1, 0.15) is 11.1 Å². The molecule has 2 amide bonds. The van der Waals surface area contributed by atoms with E-state index in [9.17, 15) is 24.8 Å². The van der Waals surface area contributed by atoms with Gasteiger partial charge in [0.2, 0.25) is 5.75 Å². The molecule has 0 heterocycles. The molecule has 0 aliphatic heterocycles. The van der Waals surface area contributed by atoms with Crippen molar-refractivity contribution in [3.05, 3.63) is 57.6 Å². The van der Waals surface area contributed by atoms with Crippen LogP contribution in [0.3, 0.4) is 0 Å². The van der Waals surface area contributed by atoms with E-state index < -0.39 is 28.2 Å². The molecule has 0 aliphatic rings. The van der Waals surface area contributed by atoms with E-state index in [1.165, 1.54) is 13.2 Å². The van der Waals surface area contributed by atoms with E-state index in [-0.39, 0.29) is 11.3 Å². The van der Waals surface area contributed by atoms with Gasteiger partial charge in [-0.15, -0.1) is 0 Å². The molecule has 0 atom stereocenters. The first-order valence-corrected chi connectivity index (χ1v) is 7.59. The number of carbonyl (C=O) groups excluding carboxylic acids is 2. The van der Waals surface area contributed by atoms with Gasteiger partial charge in [0.15, 0.2) is 5.75 Å². The minimum Gasteiger partial charge on any atom is -0.500 e. The van der Waals surface area contributed by atoms with Crippen molar-refractivity contribution in [2.45, 2.75) is 6.92 Å². The molecule has 10 heteroatoms. The van der Waals surface area contributed by atoms with Crippen LogP contribution < -0.4 is 15.5 Å². The monoisotopic (exact) mass is 372 g/mol. The highest BCUT2D eigenvalue weighted by molar-refractivity contribution is 6.39. The second-order valence-corrected chi connectivity index (χ2v) is 5.32. The normalized spacial score (nSPS) is 10.4. The second kappa shape index (κ2) is 8.43. The summed E-state index contributed by atoms with van der Waals surface area (Å²) in [5.41, 5.74) is 2.88. The predicted octanol–water partition coefficient (Wildman–Crippen LogP) is 1.71. The summed E-state index contributed by atoms with van der Waals surface area (Å²) in [7, 11) is 1.23. The van der Waals surface area contributed by atoms with Gasteiger partial charge >= 0.3 is 17.5 Å². The number of nitro benzene ring substituents is 1. The molecule has 0 saturated heterocycles. The van der Waals surface area contributed by atoms with Crippen LogP contribution in [-0.4, -0.2) is 35.2 Å². The summed E-state index contributed by atoms with van der Waals surface area (Å²) in [5.74, 6) is -2.69. The molecule has 3 N–H and O–H groups in total. The molecule has 27 heavy (non-hydrogen) atoms. The van der Waals surface area contributed by atoms with Crippen LogP contribution in [0.25, 0.3) is 0 Å². The van der Waals surface area contributed by atoms with Crippen LogP contribution in [-0.2, 0) is 9.59 Å². The molecular formula is C17H16N4O6. The van der Waals surface area contributed by atoms with Crippen LogP contribution in [0, 0.1) is 17.0 Å². The fraction of sp³-hybridized carbons (Fsp3) is 0.118. The van der Waals surface area contributed by atoms with E-state index in [0.717, 1.165) is 17.8 Å². The van der Waals surface area contributed by atoms with Gasteiger partial charge in [-0.2, -0.15) is 5.10 Å². The first-order chi connectivity index (χ1) is 12.8. The molecule has 0 bridgehead atoms. The molecule has 2 aromatic carbocycles. The lowest BCUT2D eigenvalue weighted by molar-refractivity contribution is -0.386. The molecule has 2 aromatic rings. The summed E-state index contributed by atoms with van der Waals surface area (Å²) in [6.07, 6.45) is 1.08. The van der Waals surface area contributed by atoms with E-state index in [4.69, 9.17) is 4.74 Å². The van der Waals surface area contributed by atoms with Gasteiger partial charge in [0.25, 0.3) is 0 Å². The fourth-order valence-corrected chi connectivity index (χ4v) is 2.09. The lowest BCUT2D eigenvalue weighted by atomic mass is 10.2. The second-order valence-electron chi connectivity index (χ2n) is 5.32. The summed E-state index contributed by atoms with van der Waals surface area (Å²) in [4.78, 5) is 33.8. The number of nitrogens with zero attached hydrogens (tertiary/aromatic N) is 2. The predicted molar refractivity (Wildman–Crippen MR) is 96.9 cm³/mol. The Kier molecular flexibility index (Phi) is 6.05. The van der Waals surface area contributed by atoms with Crippen molar-refractivity contribution < 1.29 is 24.4 Å². The van der Waals surface area contributed by atoms with Crippen molar-refractivity contribution in [3.8, 4) is 11.5 Å². The number of aryl methyl sites for hydroxylation is 1. The number of carbonyl (C=O) groups is 2. The van der Waals surface area contributed by atoms with E-state index in [2.05, 4.69) is 10.4 Å². The van der Waals surface area contributed by atoms with Gasteiger partial charge in [-0.25, -0.2) is 5.43 Å². The van der Waals surface area contributed by atoms with Crippen molar-refractivity contribution in [2.75, 3.05) is 12.4 Å². The zero-order chi connectivity index (χ0) is 20.0. The Bertz CT molecular complexity index is 926. The number of hydrogen-bond acceptors (Lipinski definition) is 7. The highest BCUT2D eigenvalue weighted by Gasteiger charge is 2.19. The largest absolute Gasteiger partial charge is 0.500 e. The summed E-state index contributed by atoms with van der Waals surface area (Å²) >= 11 is 0. The molecule has 0 unspecified atom stereocenters. The van der Waals surface area contributed by atoms with Crippen LogP contribution in [0.15, 0.2) is 41.5 Å². The highest BCUT2D eigenvalue weighted by Crippen LogP contribution is 2.36. The van der Waals surface area contributed by atoms with Crippen LogP contribution >= 0.6 is 0 Å². The minimum absolute atomic E-state index is 0.130. The number of para-hydroxylation sites is 1. The molecule has 0 aromatic heterocycles. The summed E-state index contributed by atoms with van der Waals surface area (Å²) < 4.78 is 4.85. The van der Waals surface area contributed by atoms with Gasteiger partial charge in [0.1, 0.15) is 0 Å². The van der Waals surface area contributed by atoms with Gasteiger partial charge in [-0.1, -0.05) is 18.2 Å². The van der Waals surface area contributed by atoms with Crippen molar-refractivity contribution in [3.63, 3.8) is 0 Å². The number of hydrogen-bond donors (Lipinski definition) is 3. The van der Waals surface area contributed by atoms with Crippen molar-refractivity contribution >= 4 is 29.4 Å². The molecule has 10 nitrogen and oxygen atoms in total. The fourth-order valence-electron chi connectivity index (χ4n) is 2.09. The summed E-state index contributed by atoms with van der Waals surface area (Å²) in [6.45, 7) is 1.77. The maximum absolute atomic E-state index is 11.9. The third kappa shape index (κ3) is 4.78. The number of hydrazone groups is 1. The van der Waals surface area contributed by atoms with E-state index in [1.54, 1.807) is 31.2 Å². The number of nitro groups is 1. The van der Waals surface area contributed by atoms with Crippen LogP contribution in [0.5, 0.6) is 11.5 Å². The standard InChI is InChI=1S/C17H16N4O6/c1-10-5-3-4-6-12(10)19-16(23)17(24)20-18-9-11-7-13(21(25)26)15(22)14(8-11)27-2/h3-9,22H,1-2H3,(H,19,23)(H,20,24)/b18-9-. The zero-order valence-corrected chi connectivity index (χ0v) is 14.4. The molecule has 2 rings (SSSR count). The molecule has 0 saturated carbocycles. The van der Waals surface area contributed by atoms with Crippen molar-refractivity contribution in [1.29, 1.82) is 0 Å². The number of methoxy groups -OCH3 is 1. The first-order valence-electron chi connectivity index (χ1n) is 7.59. The van der Waals surface area contributed by atoms with E-state index >= 15 is 0 Å². The molecule has 0 radical (unpaired) electrons. The number of amides is 2. The third-order valence-electron chi connectivity index (χ3n) is 3.47. The number of benzene rings is 2. The number of nitrogens with one attached hydrogen (secondary N) is 2. The SMILES string of the molecule is COc1cc(/C=N\NC(=O)C(=O)Nc2ccccc2C)cc([N+](=O)[O-])c1O. The van der Waals surface area contributed by atoms with E-state index in [0.29, 0.717) is 5.69 Å². The Morgan fingerprint density at radius 3 is 2.59 bits per heavy atom. The van der Waals surface area contributed by atoms with Gasteiger partial charge in [0.05, 0.1) is 18.2 Å². The van der Waals surface area contributed by atoms with Gasteiger partial charge in [0, 0.05) is 17.3 Å². The average Bonchev–Trinajstić information content (AvgIpc) is 2.64. The number of aromatic hydroxyl groups is 1. The number of ether oxygens (including phenoxy) is 1. The quantitative estimate of drug-likeness (QED) is 0.315. The molecule has 140 valence electrons. The van der Waals surface area contributed by atoms with Crippen LogP contribution in [0.2, 0.25) is 0 Å². The topological polar surface area (TPSA) is 143 Å². The lowest BCUT2D eigenvalue weighted by Gasteiger charge is -2.07. The van der Waals surface area contributed by atoms with E-state index in [1.807, 2.05) is 5.43 Å². The maximum atomic E-state index is 11.9. The van der Waals surface area contributed by atoms with Crippen LogP contribution in [0.4, 0.5) is 11.4 Å². The Morgan fingerprint density at radius 1 is 1.26 bits per heavy atom.